The van der Waals surface area contributed by atoms with Gasteiger partial charge in [-0.2, -0.15) is 0 Å². The van der Waals surface area contributed by atoms with E-state index in [1.54, 1.807) is 6.07 Å². The van der Waals surface area contributed by atoms with E-state index in [1.807, 2.05) is 42.5 Å². The largest absolute Gasteiger partial charge is 0.471 e. The Bertz CT molecular complexity index is 1460. The number of amides is 1. The lowest BCUT2D eigenvalue weighted by atomic mass is 9.82. The smallest absolute Gasteiger partial charge is 0.250 e. The number of rotatable bonds is 11. The van der Waals surface area contributed by atoms with Gasteiger partial charge in [-0.3, -0.25) is 4.79 Å². The highest BCUT2D eigenvalue weighted by Crippen LogP contribution is 2.42. The average Bonchev–Trinajstić information content (AvgIpc) is 2.91. The number of pyridine rings is 1. The molecule has 4 N–H and O–H groups in total. The van der Waals surface area contributed by atoms with Crippen molar-refractivity contribution < 1.29 is 14.0 Å². The molecule has 204 valence electrons. The standard InChI is InChI=1S/C33H40N4O2/c1-6-7-16-25-22-24-15-11-12-17-26(24)32(36-25)39-21-20-37(4,5)33(2,3)28-19-18-27(31(35)38)30(34)29(28)23-13-9-8-10-14-23/h8-15,17-19,22H,6-7,16,20-21H2,1-5H3,(H3-,34,35,38)/p+1. The van der Waals surface area contributed by atoms with Crippen LogP contribution < -0.4 is 16.2 Å². The molecule has 39 heavy (non-hydrogen) atoms. The molecule has 0 saturated heterocycles. The van der Waals surface area contributed by atoms with Gasteiger partial charge >= 0.3 is 0 Å². The molecule has 1 heterocycles. The van der Waals surface area contributed by atoms with Crippen molar-refractivity contribution in [2.45, 2.75) is 45.6 Å². The Hall–Kier alpha value is -3.90. The molecule has 0 saturated carbocycles. The summed E-state index contributed by atoms with van der Waals surface area (Å²) in [6.45, 7) is 7.83. The molecular formula is C33H41N4O2+. The molecule has 0 atom stereocenters. The van der Waals surface area contributed by atoms with Crippen molar-refractivity contribution in [1.29, 1.82) is 0 Å². The van der Waals surface area contributed by atoms with E-state index in [9.17, 15) is 4.79 Å². The minimum absolute atomic E-state index is 0.336. The Morgan fingerprint density at radius 2 is 1.69 bits per heavy atom. The van der Waals surface area contributed by atoms with Crippen LogP contribution in [0.1, 0.15) is 55.2 Å². The molecule has 0 radical (unpaired) electrons. The molecule has 4 aromatic rings. The fourth-order valence-electron chi connectivity index (χ4n) is 5.05. The summed E-state index contributed by atoms with van der Waals surface area (Å²) in [6, 6.07) is 24.1. The van der Waals surface area contributed by atoms with Crippen LogP contribution in [-0.2, 0) is 12.0 Å². The summed E-state index contributed by atoms with van der Waals surface area (Å²) in [5.74, 6) is 0.161. The zero-order valence-electron chi connectivity index (χ0n) is 23.8. The van der Waals surface area contributed by atoms with Gasteiger partial charge in [-0.1, -0.05) is 67.9 Å². The summed E-state index contributed by atoms with van der Waals surface area (Å²) in [5, 5.41) is 2.18. The Kier molecular flexibility index (Phi) is 8.26. The minimum Gasteiger partial charge on any atom is -0.471 e. The predicted molar refractivity (Wildman–Crippen MR) is 161 cm³/mol. The number of unbranched alkanes of at least 4 members (excludes halogenated alkanes) is 1. The van der Waals surface area contributed by atoms with Gasteiger partial charge in [0.25, 0.3) is 5.91 Å². The number of nitrogens with two attached hydrogens (primary N) is 2. The van der Waals surface area contributed by atoms with Crippen LogP contribution >= 0.6 is 0 Å². The second-order valence-corrected chi connectivity index (χ2v) is 11.2. The minimum atomic E-state index is -0.530. The number of fused-ring (bicyclic) bond motifs is 1. The van der Waals surface area contributed by atoms with E-state index in [4.69, 9.17) is 21.2 Å². The first-order valence-electron chi connectivity index (χ1n) is 13.7. The first-order valence-corrected chi connectivity index (χ1v) is 13.7. The van der Waals surface area contributed by atoms with E-state index in [0.717, 1.165) is 59.0 Å². The summed E-state index contributed by atoms with van der Waals surface area (Å²) in [4.78, 5) is 17.0. The number of quaternary nitrogens is 1. The molecule has 1 amide bonds. The quantitative estimate of drug-likeness (QED) is 0.177. The molecular weight excluding hydrogens is 484 g/mol. The Morgan fingerprint density at radius 1 is 1.00 bits per heavy atom. The van der Waals surface area contributed by atoms with Crippen LogP contribution in [0.5, 0.6) is 5.88 Å². The normalized spacial score (nSPS) is 12.0. The van der Waals surface area contributed by atoms with Crippen LogP contribution in [-0.4, -0.2) is 42.6 Å². The molecule has 0 aliphatic carbocycles. The number of aryl methyl sites for hydroxylation is 1. The van der Waals surface area contributed by atoms with Crippen LogP contribution in [0.25, 0.3) is 21.9 Å². The Balaban J connectivity index is 1.64. The monoisotopic (exact) mass is 525 g/mol. The van der Waals surface area contributed by atoms with Crippen molar-refractivity contribution in [3.8, 4) is 17.0 Å². The molecule has 6 heteroatoms. The number of nitrogens with zero attached hydrogens (tertiary/aromatic N) is 2. The van der Waals surface area contributed by atoms with Crippen molar-refractivity contribution in [1.82, 2.24) is 4.98 Å². The molecule has 4 rings (SSSR count). The molecule has 0 unspecified atom stereocenters. The first kappa shape index (κ1) is 28.1. The predicted octanol–water partition coefficient (Wildman–Crippen LogP) is 6.32. The summed E-state index contributed by atoms with van der Waals surface area (Å²) >= 11 is 0. The summed E-state index contributed by atoms with van der Waals surface area (Å²) in [5.41, 5.74) is 16.5. The third kappa shape index (κ3) is 5.76. The SMILES string of the molecule is CCCCc1cc2ccccc2c(OCC[N+](C)(C)C(C)(C)c2ccc(C(N)=O)c(N)c2-c2ccccc2)n1. The van der Waals surface area contributed by atoms with E-state index in [1.165, 1.54) is 0 Å². The summed E-state index contributed by atoms with van der Waals surface area (Å²) in [6.07, 6.45) is 3.17. The number of hydrogen-bond acceptors (Lipinski definition) is 4. The van der Waals surface area contributed by atoms with Gasteiger partial charge < -0.3 is 20.7 Å². The lowest BCUT2D eigenvalue weighted by molar-refractivity contribution is -0.945. The second kappa shape index (κ2) is 11.5. The van der Waals surface area contributed by atoms with Crippen LogP contribution in [0.4, 0.5) is 5.69 Å². The average molecular weight is 526 g/mol. The van der Waals surface area contributed by atoms with Crippen LogP contribution in [0.15, 0.2) is 72.8 Å². The van der Waals surface area contributed by atoms with Gasteiger partial charge in [-0.15, -0.1) is 0 Å². The second-order valence-electron chi connectivity index (χ2n) is 11.2. The number of aromatic nitrogens is 1. The van der Waals surface area contributed by atoms with Gasteiger partial charge in [-0.05, 0) is 55.8 Å². The third-order valence-corrected chi connectivity index (χ3v) is 8.18. The maximum atomic E-state index is 12.1. The Labute approximate surface area is 232 Å². The first-order chi connectivity index (χ1) is 18.6. The maximum absolute atomic E-state index is 12.1. The zero-order chi connectivity index (χ0) is 28.2. The van der Waals surface area contributed by atoms with Gasteiger partial charge in [0.15, 0.2) is 0 Å². The van der Waals surface area contributed by atoms with Crippen molar-refractivity contribution in [3.63, 3.8) is 0 Å². The van der Waals surface area contributed by atoms with Gasteiger partial charge in [0.1, 0.15) is 18.7 Å². The highest BCUT2D eigenvalue weighted by molar-refractivity contribution is 6.02. The number of anilines is 1. The van der Waals surface area contributed by atoms with Gasteiger partial charge in [-0.25, -0.2) is 4.98 Å². The van der Waals surface area contributed by atoms with Crippen molar-refractivity contribution >= 4 is 22.4 Å². The molecule has 0 aliphatic rings. The molecule has 0 aliphatic heterocycles. The number of carbonyl (C=O) groups excluding carboxylic acids is 1. The van der Waals surface area contributed by atoms with Crippen LogP contribution in [0.2, 0.25) is 0 Å². The molecule has 0 fully saturated rings. The summed E-state index contributed by atoms with van der Waals surface area (Å²) in [7, 11) is 4.39. The molecule has 0 bridgehead atoms. The highest BCUT2D eigenvalue weighted by Gasteiger charge is 2.41. The van der Waals surface area contributed by atoms with Crippen molar-refractivity contribution in [3.05, 3.63) is 89.6 Å². The number of primary amides is 1. The lowest BCUT2D eigenvalue weighted by Gasteiger charge is -2.45. The van der Waals surface area contributed by atoms with Crippen molar-refractivity contribution in [2.24, 2.45) is 5.73 Å². The fourth-order valence-corrected chi connectivity index (χ4v) is 5.05. The van der Waals surface area contributed by atoms with E-state index >= 15 is 0 Å². The zero-order valence-corrected chi connectivity index (χ0v) is 23.8. The van der Waals surface area contributed by atoms with Gasteiger partial charge in [0, 0.05) is 22.2 Å². The van der Waals surface area contributed by atoms with Gasteiger partial charge in [0.2, 0.25) is 5.88 Å². The van der Waals surface area contributed by atoms with E-state index in [2.05, 4.69) is 59.1 Å². The number of hydrogen-bond donors (Lipinski definition) is 2. The van der Waals surface area contributed by atoms with Crippen molar-refractivity contribution in [2.75, 3.05) is 33.0 Å². The van der Waals surface area contributed by atoms with E-state index < -0.39 is 5.91 Å². The van der Waals surface area contributed by atoms with Crippen LogP contribution in [0, 0.1) is 0 Å². The van der Waals surface area contributed by atoms with E-state index in [-0.39, 0.29) is 5.54 Å². The number of carbonyl (C=O) groups is 1. The molecule has 0 spiro atoms. The highest BCUT2D eigenvalue weighted by atomic mass is 16.5. The van der Waals surface area contributed by atoms with E-state index in [0.29, 0.717) is 28.2 Å². The van der Waals surface area contributed by atoms with Gasteiger partial charge in [0.05, 0.1) is 25.3 Å². The third-order valence-electron chi connectivity index (χ3n) is 8.18. The summed E-state index contributed by atoms with van der Waals surface area (Å²) < 4.78 is 7.00. The molecule has 3 aromatic carbocycles. The topological polar surface area (TPSA) is 91.2 Å². The fraction of sp³-hybridized carbons (Fsp3) is 0.333. The molecule has 1 aromatic heterocycles. The van der Waals surface area contributed by atoms with Crippen LogP contribution in [0.3, 0.4) is 0 Å². The number of nitrogen functional groups attached to an aromatic ring is 1. The Morgan fingerprint density at radius 3 is 2.38 bits per heavy atom. The number of ether oxygens (including phenoxy) is 1. The lowest BCUT2D eigenvalue weighted by Crippen LogP contribution is -2.55. The maximum Gasteiger partial charge on any atom is 0.250 e. The number of likely N-dealkylation sites (N-methyl/N-ethyl adjacent to an activating group) is 1. The number of benzene rings is 3. The molecule has 6 nitrogen and oxygen atoms in total.